The Kier molecular flexibility index (Phi) is 6.18. The highest BCUT2D eigenvalue weighted by molar-refractivity contribution is 6.08. The number of benzene rings is 1. The van der Waals surface area contributed by atoms with Crippen LogP contribution in [-0.2, 0) is 12.1 Å². The van der Waals surface area contributed by atoms with E-state index in [1.54, 1.807) is 0 Å². The van der Waals surface area contributed by atoms with Crippen LogP contribution >= 0.6 is 0 Å². The zero-order valence-electron chi connectivity index (χ0n) is 17.5. The van der Waals surface area contributed by atoms with Crippen molar-refractivity contribution in [2.75, 3.05) is 26.2 Å². The molecule has 27 heavy (non-hydrogen) atoms. The van der Waals surface area contributed by atoms with E-state index in [1.165, 1.54) is 28.2 Å². The Morgan fingerprint density at radius 3 is 2.48 bits per heavy atom. The molecule has 0 amide bonds. The van der Waals surface area contributed by atoms with E-state index in [0.29, 0.717) is 0 Å². The highest BCUT2D eigenvalue weighted by atomic mass is 15.1. The normalized spacial score (nSPS) is 12.5. The largest absolute Gasteiger partial charge is 0.334 e. The number of pyridine rings is 1. The molecular formula is C23H34N4. The maximum absolute atomic E-state index is 4.75. The van der Waals surface area contributed by atoms with Crippen molar-refractivity contribution in [2.45, 2.75) is 53.1 Å². The molecule has 2 heterocycles. The summed E-state index contributed by atoms with van der Waals surface area (Å²) in [5.74, 6) is 0. The summed E-state index contributed by atoms with van der Waals surface area (Å²) in [7, 11) is 0. The molecule has 0 unspecified atom stereocenters. The molecule has 3 rings (SSSR count). The second kappa shape index (κ2) is 8.41. The van der Waals surface area contributed by atoms with Crippen molar-refractivity contribution in [1.82, 2.24) is 19.8 Å². The number of fused-ring (bicyclic) bond motifs is 3. The van der Waals surface area contributed by atoms with E-state index in [1.807, 2.05) is 6.20 Å². The van der Waals surface area contributed by atoms with Crippen LogP contribution in [0.25, 0.3) is 21.8 Å². The molecule has 0 aliphatic carbocycles. The molecule has 1 aromatic carbocycles. The molecule has 3 aromatic rings. The zero-order chi connectivity index (χ0) is 19.4. The van der Waals surface area contributed by atoms with Gasteiger partial charge in [-0.1, -0.05) is 32.0 Å². The van der Waals surface area contributed by atoms with E-state index in [4.69, 9.17) is 4.98 Å². The van der Waals surface area contributed by atoms with E-state index < -0.39 is 0 Å². The number of para-hydroxylation sites is 1. The molecule has 4 heteroatoms. The van der Waals surface area contributed by atoms with Gasteiger partial charge in [-0.15, -0.1) is 0 Å². The molecule has 0 fully saturated rings. The van der Waals surface area contributed by atoms with E-state index in [2.05, 4.69) is 79.7 Å². The first-order chi connectivity index (χ1) is 13.0. The van der Waals surface area contributed by atoms with Gasteiger partial charge in [-0.2, -0.15) is 0 Å². The Morgan fingerprint density at radius 1 is 1.04 bits per heavy atom. The highest BCUT2D eigenvalue weighted by Gasteiger charge is 2.22. The topological polar surface area (TPSA) is 33.1 Å². The third-order valence-corrected chi connectivity index (χ3v) is 5.34. The van der Waals surface area contributed by atoms with Crippen LogP contribution < -0.4 is 5.32 Å². The second-order valence-electron chi connectivity index (χ2n) is 8.23. The fourth-order valence-corrected chi connectivity index (χ4v) is 3.98. The van der Waals surface area contributed by atoms with Gasteiger partial charge in [0, 0.05) is 34.6 Å². The lowest BCUT2D eigenvalue weighted by atomic mass is 10.1. The van der Waals surface area contributed by atoms with E-state index in [-0.39, 0.29) is 5.54 Å². The Morgan fingerprint density at radius 2 is 1.78 bits per heavy atom. The molecule has 4 nitrogen and oxygen atoms in total. The van der Waals surface area contributed by atoms with Gasteiger partial charge in [-0.05, 0) is 65.5 Å². The fraction of sp³-hybridized carbons (Fsp3) is 0.522. The van der Waals surface area contributed by atoms with Gasteiger partial charge in [0.25, 0.3) is 0 Å². The van der Waals surface area contributed by atoms with E-state index >= 15 is 0 Å². The number of hydrogen-bond acceptors (Lipinski definition) is 3. The van der Waals surface area contributed by atoms with Crippen LogP contribution in [0.3, 0.4) is 0 Å². The number of hydrogen-bond donors (Lipinski definition) is 1. The summed E-state index contributed by atoms with van der Waals surface area (Å²) in [6, 6.07) is 10.9. The van der Waals surface area contributed by atoms with Gasteiger partial charge in [-0.3, -0.25) is 4.98 Å². The Bertz CT molecular complexity index is 884. The highest BCUT2D eigenvalue weighted by Crippen LogP contribution is 2.34. The summed E-state index contributed by atoms with van der Waals surface area (Å²) in [4.78, 5) is 7.22. The minimum Gasteiger partial charge on any atom is -0.334 e. The van der Waals surface area contributed by atoms with Crippen LogP contribution in [-0.4, -0.2) is 40.6 Å². The summed E-state index contributed by atoms with van der Waals surface area (Å²) < 4.78 is 2.46. The van der Waals surface area contributed by atoms with Crippen molar-refractivity contribution < 1.29 is 0 Å². The zero-order valence-corrected chi connectivity index (χ0v) is 17.5. The van der Waals surface area contributed by atoms with Crippen molar-refractivity contribution in [1.29, 1.82) is 0 Å². The summed E-state index contributed by atoms with van der Waals surface area (Å²) in [5.41, 5.74) is 3.70. The quantitative estimate of drug-likeness (QED) is 0.583. The van der Waals surface area contributed by atoms with Gasteiger partial charge in [0.1, 0.15) is 0 Å². The first kappa shape index (κ1) is 19.8. The molecule has 0 saturated heterocycles. The standard InChI is InChI=1S/C23H34N4/c1-6-26(7-2)16-10-14-24-17-20-22-19(13-15-25-20)18-11-8-9-12-21(18)27(22)23(3,4)5/h8-9,11-13,15,24H,6-7,10,14,16-17H2,1-5H3. The molecule has 0 radical (unpaired) electrons. The lowest BCUT2D eigenvalue weighted by molar-refractivity contribution is 0.298. The minimum absolute atomic E-state index is 0.00187. The SMILES string of the molecule is CCN(CC)CCCNCc1nccc2c3ccccc3n(C(C)(C)C)c12. The van der Waals surface area contributed by atoms with E-state index in [0.717, 1.165) is 38.4 Å². The Labute approximate surface area is 163 Å². The molecule has 0 saturated carbocycles. The number of nitrogens with one attached hydrogen (secondary N) is 1. The average molecular weight is 367 g/mol. The maximum atomic E-state index is 4.75. The molecule has 0 aliphatic heterocycles. The number of aromatic nitrogens is 2. The predicted octanol–water partition coefficient (Wildman–Crippen LogP) is 4.77. The van der Waals surface area contributed by atoms with Gasteiger partial charge >= 0.3 is 0 Å². The monoisotopic (exact) mass is 366 g/mol. The molecule has 0 spiro atoms. The van der Waals surface area contributed by atoms with Crippen molar-refractivity contribution >= 4 is 21.8 Å². The first-order valence-corrected chi connectivity index (χ1v) is 10.3. The van der Waals surface area contributed by atoms with Gasteiger partial charge in [-0.25, -0.2) is 0 Å². The summed E-state index contributed by atoms with van der Waals surface area (Å²) >= 11 is 0. The van der Waals surface area contributed by atoms with Gasteiger partial charge in [0.05, 0.1) is 11.2 Å². The van der Waals surface area contributed by atoms with Crippen LogP contribution in [0.4, 0.5) is 0 Å². The minimum atomic E-state index is 0.00187. The van der Waals surface area contributed by atoms with Crippen LogP contribution in [0.15, 0.2) is 36.5 Å². The summed E-state index contributed by atoms with van der Waals surface area (Å²) in [5, 5.41) is 6.23. The van der Waals surface area contributed by atoms with Crippen molar-refractivity contribution in [3.8, 4) is 0 Å². The Hall–Kier alpha value is -1.91. The molecule has 0 atom stereocenters. The lowest BCUT2D eigenvalue weighted by Crippen LogP contribution is -2.27. The Balaban J connectivity index is 1.86. The van der Waals surface area contributed by atoms with Crippen molar-refractivity contribution in [2.24, 2.45) is 0 Å². The third-order valence-electron chi connectivity index (χ3n) is 5.34. The molecule has 1 N–H and O–H groups in total. The van der Waals surface area contributed by atoms with Crippen LogP contribution in [0, 0.1) is 0 Å². The molecule has 0 bridgehead atoms. The van der Waals surface area contributed by atoms with Crippen LogP contribution in [0.1, 0.15) is 46.7 Å². The summed E-state index contributed by atoms with van der Waals surface area (Å²) in [6.45, 7) is 16.5. The predicted molar refractivity (Wildman–Crippen MR) is 116 cm³/mol. The second-order valence-corrected chi connectivity index (χ2v) is 8.23. The van der Waals surface area contributed by atoms with Crippen LogP contribution in [0.5, 0.6) is 0 Å². The van der Waals surface area contributed by atoms with Crippen molar-refractivity contribution in [3.63, 3.8) is 0 Å². The maximum Gasteiger partial charge on any atom is 0.0784 e. The molecule has 0 aliphatic rings. The molecule has 146 valence electrons. The van der Waals surface area contributed by atoms with Crippen molar-refractivity contribution in [3.05, 3.63) is 42.2 Å². The van der Waals surface area contributed by atoms with Gasteiger partial charge < -0.3 is 14.8 Å². The summed E-state index contributed by atoms with van der Waals surface area (Å²) in [6.07, 6.45) is 3.12. The van der Waals surface area contributed by atoms with Crippen LogP contribution in [0.2, 0.25) is 0 Å². The number of nitrogens with zero attached hydrogens (tertiary/aromatic N) is 3. The van der Waals surface area contributed by atoms with Gasteiger partial charge in [0.15, 0.2) is 0 Å². The molecular weight excluding hydrogens is 332 g/mol. The lowest BCUT2D eigenvalue weighted by Gasteiger charge is -2.25. The third kappa shape index (κ3) is 4.17. The average Bonchev–Trinajstić information content (AvgIpc) is 3.00. The van der Waals surface area contributed by atoms with Gasteiger partial charge in [0.2, 0.25) is 0 Å². The molecule has 2 aromatic heterocycles. The fourth-order valence-electron chi connectivity index (χ4n) is 3.98. The first-order valence-electron chi connectivity index (χ1n) is 10.3. The smallest absolute Gasteiger partial charge is 0.0784 e. The van der Waals surface area contributed by atoms with E-state index in [9.17, 15) is 0 Å². The number of rotatable bonds is 8.